The predicted molar refractivity (Wildman–Crippen MR) is 59.0 cm³/mol. The van der Waals surface area contributed by atoms with Gasteiger partial charge < -0.3 is 4.79 Å². The fraction of sp³-hybridized carbons (Fsp3) is 0.300. The summed E-state index contributed by atoms with van der Waals surface area (Å²) in [4.78, 5) is 10.5. The van der Waals surface area contributed by atoms with Crippen LogP contribution in [0, 0.1) is 5.92 Å². The number of carbonyl (C=O) groups excluding carboxylic acids is 1. The second kappa shape index (κ2) is 3.74. The third-order valence-electron chi connectivity index (χ3n) is 2.47. The Kier molecular flexibility index (Phi) is 2.75. The molecule has 1 aromatic rings. The van der Waals surface area contributed by atoms with E-state index >= 15 is 0 Å². The average Bonchev–Trinajstić information content (AvgIpc) is 2.81. The SMILES string of the molecule is O=CC1C(F)C1c1ccc(Br)c(Br)c1. The number of alkyl halides is 1. The first-order valence-corrected chi connectivity index (χ1v) is 5.78. The summed E-state index contributed by atoms with van der Waals surface area (Å²) < 4.78 is 14.9. The predicted octanol–water partition coefficient (Wildman–Crippen LogP) is 3.46. The molecule has 0 aliphatic heterocycles. The summed E-state index contributed by atoms with van der Waals surface area (Å²) in [6, 6.07) is 5.55. The van der Waals surface area contributed by atoms with Crippen molar-refractivity contribution in [2.24, 2.45) is 5.92 Å². The van der Waals surface area contributed by atoms with Crippen LogP contribution < -0.4 is 0 Å². The monoisotopic (exact) mass is 320 g/mol. The van der Waals surface area contributed by atoms with Crippen LogP contribution in [0.3, 0.4) is 0 Å². The third-order valence-corrected chi connectivity index (χ3v) is 4.35. The van der Waals surface area contributed by atoms with Gasteiger partial charge in [-0.15, -0.1) is 0 Å². The molecule has 1 fully saturated rings. The summed E-state index contributed by atoms with van der Waals surface area (Å²) in [5.41, 5.74) is 0.879. The lowest BCUT2D eigenvalue weighted by atomic mass is 10.1. The molecule has 2 rings (SSSR count). The Morgan fingerprint density at radius 1 is 1.29 bits per heavy atom. The topological polar surface area (TPSA) is 17.1 Å². The minimum Gasteiger partial charge on any atom is -0.303 e. The van der Waals surface area contributed by atoms with Gasteiger partial charge in [-0.25, -0.2) is 4.39 Å². The highest BCUT2D eigenvalue weighted by Crippen LogP contribution is 2.49. The Bertz CT molecular complexity index is 380. The van der Waals surface area contributed by atoms with E-state index in [1.165, 1.54) is 0 Å². The first kappa shape index (κ1) is 10.3. The van der Waals surface area contributed by atoms with Crippen LogP contribution in [-0.2, 0) is 4.79 Å². The molecule has 1 aliphatic carbocycles. The lowest BCUT2D eigenvalue weighted by Gasteiger charge is -2.00. The Hall–Kier alpha value is -0.220. The van der Waals surface area contributed by atoms with Crippen molar-refractivity contribution in [2.75, 3.05) is 0 Å². The number of carbonyl (C=O) groups is 1. The van der Waals surface area contributed by atoms with Crippen LogP contribution >= 0.6 is 31.9 Å². The van der Waals surface area contributed by atoms with Gasteiger partial charge in [-0.3, -0.25) is 0 Å². The molecule has 0 aromatic heterocycles. The Morgan fingerprint density at radius 3 is 2.50 bits per heavy atom. The van der Waals surface area contributed by atoms with Crippen LogP contribution in [0.15, 0.2) is 27.1 Å². The van der Waals surface area contributed by atoms with Crippen LogP contribution in [0.1, 0.15) is 11.5 Å². The number of rotatable bonds is 2. The number of hydrogen-bond acceptors (Lipinski definition) is 1. The quantitative estimate of drug-likeness (QED) is 0.762. The largest absolute Gasteiger partial charge is 0.303 e. The molecule has 4 heteroatoms. The van der Waals surface area contributed by atoms with Crippen molar-refractivity contribution in [3.8, 4) is 0 Å². The molecule has 3 unspecified atom stereocenters. The summed E-state index contributed by atoms with van der Waals surface area (Å²) in [5.74, 6) is -0.681. The highest BCUT2D eigenvalue weighted by Gasteiger charge is 2.52. The molecule has 0 heterocycles. The third kappa shape index (κ3) is 1.65. The second-order valence-corrected chi connectivity index (χ2v) is 5.07. The molecular formula is C10H7Br2FO. The van der Waals surface area contributed by atoms with E-state index in [4.69, 9.17) is 0 Å². The van der Waals surface area contributed by atoms with Crippen molar-refractivity contribution in [1.82, 2.24) is 0 Å². The molecule has 0 spiro atoms. The van der Waals surface area contributed by atoms with Crippen molar-refractivity contribution in [3.63, 3.8) is 0 Å². The van der Waals surface area contributed by atoms with Crippen molar-refractivity contribution in [3.05, 3.63) is 32.7 Å². The molecule has 74 valence electrons. The van der Waals surface area contributed by atoms with E-state index in [2.05, 4.69) is 31.9 Å². The van der Waals surface area contributed by atoms with Gasteiger partial charge in [-0.05, 0) is 49.6 Å². The van der Waals surface area contributed by atoms with Gasteiger partial charge in [0.15, 0.2) is 0 Å². The zero-order chi connectivity index (χ0) is 10.3. The van der Waals surface area contributed by atoms with Crippen LogP contribution in [-0.4, -0.2) is 12.5 Å². The lowest BCUT2D eigenvalue weighted by molar-refractivity contribution is -0.109. The van der Waals surface area contributed by atoms with Crippen LogP contribution in [0.2, 0.25) is 0 Å². The first-order chi connectivity index (χ1) is 6.65. The van der Waals surface area contributed by atoms with Gasteiger partial charge in [0, 0.05) is 14.9 Å². The molecule has 1 aliphatic rings. The Balaban J connectivity index is 2.27. The van der Waals surface area contributed by atoms with E-state index in [-0.39, 0.29) is 5.92 Å². The summed E-state index contributed by atoms with van der Waals surface area (Å²) in [7, 11) is 0. The summed E-state index contributed by atoms with van der Waals surface area (Å²) in [6.45, 7) is 0. The molecule has 0 bridgehead atoms. The van der Waals surface area contributed by atoms with Crippen molar-refractivity contribution in [2.45, 2.75) is 12.1 Å². The molecule has 3 atom stereocenters. The molecule has 0 saturated heterocycles. The summed E-state index contributed by atoms with van der Waals surface area (Å²) in [6.07, 6.45) is -0.300. The normalized spacial score (nSPS) is 30.1. The maximum atomic E-state index is 13.1. The smallest absolute Gasteiger partial charge is 0.126 e. The van der Waals surface area contributed by atoms with Crippen molar-refractivity contribution < 1.29 is 9.18 Å². The molecule has 14 heavy (non-hydrogen) atoms. The maximum Gasteiger partial charge on any atom is 0.126 e. The number of benzene rings is 1. The highest BCUT2D eigenvalue weighted by molar-refractivity contribution is 9.13. The van der Waals surface area contributed by atoms with Crippen LogP contribution in [0.5, 0.6) is 0 Å². The van der Waals surface area contributed by atoms with Crippen LogP contribution in [0.4, 0.5) is 4.39 Å². The Labute approximate surface area is 97.9 Å². The van der Waals surface area contributed by atoms with E-state index in [9.17, 15) is 9.18 Å². The van der Waals surface area contributed by atoms with Crippen molar-refractivity contribution >= 4 is 38.1 Å². The average molecular weight is 322 g/mol. The van der Waals surface area contributed by atoms with Crippen LogP contribution in [0.25, 0.3) is 0 Å². The van der Waals surface area contributed by atoms with E-state index in [0.29, 0.717) is 6.29 Å². The fourth-order valence-electron chi connectivity index (χ4n) is 1.58. The van der Waals surface area contributed by atoms with Gasteiger partial charge in [0.2, 0.25) is 0 Å². The molecule has 0 amide bonds. The minimum atomic E-state index is -0.999. The van der Waals surface area contributed by atoms with E-state index in [0.717, 1.165) is 14.5 Å². The van der Waals surface area contributed by atoms with Gasteiger partial charge in [0.05, 0.1) is 5.92 Å². The van der Waals surface area contributed by atoms with Gasteiger partial charge >= 0.3 is 0 Å². The Morgan fingerprint density at radius 2 is 2.00 bits per heavy atom. The summed E-state index contributed by atoms with van der Waals surface area (Å²) in [5, 5.41) is 0. The first-order valence-electron chi connectivity index (χ1n) is 4.19. The zero-order valence-electron chi connectivity index (χ0n) is 7.08. The molecule has 1 nitrogen and oxygen atoms in total. The van der Waals surface area contributed by atoms with Crippen molar-refractivity contribution in [1.29, 1.82) is 0 Å². The molecule has 1 saturated carbocycles. The zero-order valence-corrected chi connectivity index (χ0v) is 10.3. The molecule has 0 radical (unpaired) electrons. The highest BCUT2D eigenvalue weighted by atomic mass is 79.9. The van der Waals surface area contributed by atoms with Gasteiger partial charge in [0.1, 0.15) is 12.5 Å². The minimum absolute atomic E-state index is 0.239. The van der Waals surface area contributed by atoms with E-state index in [1.807, 2.05) is 18.2 Å². The number of hydrogen-bond donors (Lipinski definition) is 0. The second-order valence-electron chi connectivity index (χ2n) is 3.36. The fourth-order valence-corrected chi connectivity index (χ4v) is 2.22. The van der Waals surface area contributed by atoms with E-state index in [1.54, 1.807) is 0 Å². The standard InChI is InChI=1S/C10H7Br2FO/c11-7-2-1-5(3-8(7)12)9-6(4-14)10(9)13/h1-4,6,9-10H. The molecule has 0 N–H and O–H groups in total. The van der Waals surface area contributed by atoms with E-state index < -0.39 is 12.1 Å². The van der Waals surface area contributed by atoms with Gasteiger partial charge in [-0.1, -0.05) is 6.07 Å². The van der Waals surface area contributed by atoms with Gasteiger partial charge in [-0.2, -0.15) is 0 Å². The number of halogens is 3. The molecule has 1 aromatic carbocycles. The summed E-state index contributed by atoms with van der Waals surface area (Å²) >= 11 is 6.68. The lowest BCUT2D eigenvalue weighted by Crippen LogP contribution is -1.84. The van der Waals surface area contributed by atoms with Gasteiger partial charge in [0.25, 0.3) is 0 Å². The number of aldehydes is 1. The molecular weight excluding hydrogens is 315 g/mol. The maximum absolute atomic E-state index is 13.1.